The van der Waals surface area contributed by atoms with Crippen LogP contribution in [0.5, 0.6) is 0 Å². The molecule has 0 aliphatic heterocycles. The van der Waals surface area contributed by atoms with E-state index in [1.165, 1.54) is 11.1 Å². The molecule has 0 amide bonds. The second kappa shape index (κ2) is 5.75. The molecule has 0 aromatic carbocycles. The van der Waals surface area contributed by atoms with Crippen LogP contribution < -0.4 is 4.90 Å². The van der Waals surface area contributed by atoms with Crippen LogP contribution in [0.4, 0.5) is 14.5 Å². The lowest BCUT2D eigenvalue weighted by molar-refractivity contribution is 0.156. The Morgan fingerprint density at radius 2 is 2.12 bits per heavy atom. The van der Waals surface area contributed by atoms with E-state index in [1.54, 1.807) is 19.2 Å². The summed E-state index contributed by atoms with van der Waals surface area (Å²) in [4.78, 5) is 5.47. The van der Waals surface area contributed by atoms with Crippen LogP contribution in [0.2, 0.25) is 0 Å². The van der Waals surface area contributed by atoms with Crippen LogP contribution >= 0.6 is 0 Å². The summed E-state index contributed by atoms with van der Waals surface area (Å²) in [6, 6.07) is 3.34. The van der Waals surface area contributed by atoms with Gasteiger partial charge in [0.2, 0.25) is 0 Å². The number of pyridine rings is 1. The third-order valence-electron chi connectivity index (χ3n) is 2.35. The largest absolute Gasteiger partial charge is 0.387 e. The fourth-order valence-corrected chi connectivity index (χ4v) is 1.34. The molecule has 0 spiro atoms. The molecule has 0 bridgehead atoms. The number of hydrogen-bond acceptors (Lipinski definition) is 3. The van der Waals surface area contributed by atoms with E-state index in [1.807, 2.05) is 6.92 Å². The highest BCUT2D eigenvalue weighted by Gasteiger charge is 2.10. The van der Waals surface area contributed by atoms with Crippen LogP contribution in [-0.2, 0) is 0 Å². The standard InChI is InChI=1S/C11H16F2N2O/c1-3-10(16)9-5-4-8(6-14-9)15(2)7-11(12)13/h4-6,10-11,16H,3,7H2,1-2H3. The number of aromatic nitrogens is 1. The summed E-state index contributed by atoms with van der Waals surface area (Å²) in [5.74, 6) is 0. The van der Waals surface area contributed by atoms with Crippen molar-refractivity contribution in [2.75, 3.05) is 18.5 Å². The normalized spacial score (nSPS) is 12.9. The summed E-state index contributed by atoms with van der Waals surface area (Å²) in [6.45, 7) is 1.53. The quantitative estimate of drug-likeness (QED) is 0.842. The first-order valence-electron chi connectivity index (χ1n) is 5.18. The Hall–Kier alpha value is -1.23. The molecule has 3 nitrogen and oxygen atoms in total. The number of hydrogen-bond donors (Lipinski definition) is 1. The SMILES string of the molecule is CCC(O)c1ccc(N(C)CC(F)F)cn1. The van der Waals surface area contributed by atoms with Crippen LogP contribution in [0.15, 0.2) is 18.3 Å². The summed E-state index contributed by atoms with van der Waals surface area (Å²) < 4.78 is 24.3. The first-order valence-corrected chi connectivity index (χ1v) is 5.18. The zero-order chi connectivity index (χ0) is 12.1. The summed E-state index contributed by atoms with van der Waals surface area (Å²) in [6.07, 6.45) is -0.879. The van der Waals surface area contributed by atoms with Crippen molar-refractivity contribution < 1.29 is 13.9 Å². The Morgan fingerprint density at radius 3 is 2.56 bits per heavy atom. The summed E-state index contributed by atoms with van der Waals surface area (Å²) >= 11 is 0. The predicted molar refractivity (Wildman–Crippen MR) is 58.8 cm³/mol. The highest BCUT2D eigenvalue weighted by atomic mass is 19.3. The van der Waals surface area contributed by atoms with E-state index in [2.05, 4.69) is 4.98 Å². The molecule has 1 N–H and O–H groups in total. The van der Waals surface area contributed by atoms with Crippen molar-refractivity contribution in [3.63, 3.8) is 0 Å². The number of anilines is 1. The lowest BCUT2D eigenvalue weighted by Gasteiger charge is -2.18. The molecule has 1 aromatic rings. The fraction of sp³-hybridized carbons (Fsp3) is 0.545. The second-order valence-electron chi connectivity index (χ2n) is 3.64. The van der Waals surface area contributed by atoms with Crippen LogP contribution in [-0.4, -0.2) is 30.1 Å². The van der Waals surface area contributed by atoms with E-state index in [-0.39, 0.29) is 6.54 Å². The van der Waals surface area contributed by atoms with Gasteiger partial charge in [-0.1, -0.05) is 6.92 Å². The van der Waals surface area contributed by atoms with Gasteiger partial charge in [0.25, 0.3) is 6.43 Å². The van der Waals surface area contributed by atoms with Gasteiger partial charge in [0, 0.05) is 7.05 Å². The lowest BCUT2D eigenvalue weighted by atomic mass is 10.2. The highest BCUT2D eigenvalue weighted by molar-refractivity contribution is 5.43. The minimum absolute atomic E-state index is 0.322. The zero-order valence-corrected chi connectivity index (χ0v) is 9.40. The minimum atomic E-state index is -2.37. The van der Waals surface area contributed by atoms with Gasteiger partial charge in [0.05, 0.1) is 30.2 Å². The minimum Gasteiger partial charge on any atom is -0.387 e. The molecule has 1 aromatic heterocycles. The first-order chi connectivity index (χ1) is 7.54. The summed E-state index contributed by atoms with van der Waals surface area (Å²) in [7, 11) is 1.58. The van der Waals surface area contributed by atoms with Gasteiger partial charge in [0.1, 0.15) is 0 Å². The summed E-state index contributed by atoms with van der Waals surface area (Å²) in [5, 5.41) is 9.51. The van der Waals surface area contributed by atoms with Crippen molar-refractivity contribution in [3.8, 4) is 0 Å². The van der Waals surface area contributed by atoms with Gasteiger partial charge < -0.3 is 10.0 Å². The van der Waals surface area contributed by atoms with Crippen molar-refractivity contribution in [2.45, 2.75) is 25.9 Å². The third-order valence-corrected chi connectivity index (χ3v) is 2.35. The number of nitrogens with zero attached hydrogens (tertiary/aromatic N) is 2. The van der Waals surface area contributed by atoms with Crippen molar-refractivity contribution in [2.24, 2.45) is 0 Å². The summed E-state index contributed by atoms with van der Waals surface area (Å²) in [5.41, 5.74) is 1.18. The van der Waals surface area contributed by atoms with E-state index in [0.29, 0.717) is 17.8 Å². The van der Waals surface area contributed by atoms with Gasteiger partial charge in [-0.25, -0.2) is 8.78 Å². The van der Waals surface area contributed by atoms with Crippen LogP contribution in [0.3, 0.4) is 0 Å². The Kier molecular flexibility index (Phi) is 4.61. The van der Waals surface area contributed by atoms with Gasteiger partial charge in [-0.2, -0.15) is 0 Å². The monoisotopic (exact) mass is 230 g/mol. The maximum atomic E-state index is 12.1. The maximum absolute atomic E-state index is 12.1. The highest BCUT2D eigenvalue weighted by Crippen LogP contribution is 2.17. The van der Waals surface area contributed by atoms with Crippen LogP contribution in [0, 0.1) is 0 Å². The molecule has 90 valence electrons. The Morgan fingerprint density at radius 1 is 1.44 bits per heavy atom. The van der Waals surface area contributed by atoms with Gasteiger partial charge in [-0.15, -0.1) is 0 Å². The molecule has 0 aliphatic rings. The number of halogens is 2. The molecule has 1 atom stereocenters. The Bertz CT molecular complexity index is 316. The fourth-order valence-electron chi connectivity index (χ4n) is 1.34. The smallest absolute Gasteiger partial charge is 0.255 e. The Balaban J connectivity index is 2.70. The average molecular weight is 230 g/mol. The van der Waals surface area contributed by atoms with E-state index in [0.717, 1.165) is 0 Å². The number of alkyl halides is 2. The molecular weight excluding hydrogens is 214 g/mol. The molecule has 1 heterocycles. The number of rotatable bonds is 5. The van der Waals surface area contributed by atoms with Gasteiger partial charge in [0.15, 0.2) is 0 Å². The predicted octanol–water partition coefficient (Wildman–Crippen LogP) is 2.23. The molecule has 16 heavy (non-hydrogen) atoms. The van der Waals surface area contributed by atoms with E-state index >= 15 is 0 Å². The molecule has 1 rings (SSSR count). The van der Waals surface area contributed by atoms with E-state index in [4.69, 9.17) is 0 Å². The molecule has 0 fully saturated rings. The second-order valence-corrected chi connectivity index (χ2v) is 3.64. The van der Waals surface area contributed by atoms with Crippen molar-refractivity contribution in [1.29, 1.82) is 0 Å². The maximum Gasteiger partial charge on any atom is 0.255 e. The van der Waals surface area contributed by atoms with Gasteiger partial charge in [-0.05, 0) is 18.6 Å². The molecule has 0 radical (unpaired) electrons. The Labute approximate surface area is 93.7 Å². The topological polar surface area (TPSA) is 36.4 Å². The number of aliphatic hydroxyl groups is 1. The van der Waals surface area contributed by atoms with Crippen molar-refractivity contribution in [3.05, 3.63) is 24.0 Å². The van der Waals surface area contributed by atoms with Gasteiger partial charge >= 0.3 is 0 Å². The first kappa shape index (κ1) is 12.8. The molecule has 1 unspecified atom stereocenters. The molecule has 0 saturated heterocycles. The van der Waals surface area contributed by atoms with E-state index in [9.17, 15) is 13.9 Å². The lowest BCUT2D eigenvalue weighted by Crippen LogP contribution is -2.24. The zero-order valence-electron chi connectivity index (χ0n) is 9.40. The molecular formula is C11H16F2N2O. The van der Waals surface area contributed by atoms with Crippen LogP contribution in [0.1, 0.15) is 25.1 Å². The molecule has 5 heteroatoms. The molecule has 0 aliphatic carbocycles. The van der Waals surface area contributed by atoms with Crippen LogP contribution in [0.25, 0.3) is 0 Å². The van der Waals surface area contributed by atoms with E-state index < -0.39 is 12.5 Å². The van der Waals surface area contributed by atoms with Crippen molar-refractivity contribution >= 4 is 5.69 Å². The van der Waals surface area contributed by atoms with Gasteiger partial charge in [-0.3, -0.25) is 4.98 Å². The number of aliphatic hydroxyl groups excluding tert-OH is 1. The average Bonchev–Trinajstić information content (AvgIpc) is 2.27. The van der Waals surface area contributed by atoms with Crippen molar-refractivity contribution in [1.82, 2.24) is 4.98 Å². The molecule has 0 saturated carbocycles. The third kappa shape index (κ3) is 3.41.